The van der Waals surface area contributed by atoms with Crippen molar-refractivity contribution in [1.29, 1.82) is 0 Å². The van der Waals surface area contributed by atoms with Gasteiger partial charge in [-0.25, -0.2) is 4.98 Å². The van der Waals surface area contributed by atoms with E-state index in [-0.39, 0.29) is 12.5 Å². The Kier molecular flexibility index (Phi) is 6.55. The first-order chi connectivity index (χ1) is 13.0. The van der Waals surface area contributed by atoms with E-state index >= 15 is 0 Å². The predicted molar refractivity (Wildman–Crippen MR) is 109 cm³/mol. The molecule has 0 fully saturated rings. The molecule has 0 atom stereocenters. The number of halogens is 2. The molecule has 1 heterocycles. The molecule has 3 rings (SSSR count). The quantitative estimate of drug-likeness (QED) is 0.577. The first kappa shape index (κ1) is 19.5. The summed E-state index contributed by atoms with van der Waals surface area (Å²) in [5.74, 6) is 0.853. The smallest absolute Gasteiger partial charge is 0.264 e. The number of hydrogen-bond acceptors (Lipinski definition) is 5. The van der Waals surface area contributed by atoms with E-state index in [4.69, 9.17) is 32.7 Å². The zero-order valence-electron chi connectivity index (χ0n) is 14.4. The van der Waals surface area contributed by atoms with Gasteiger partial charge in [-0.2, -0.15) is 0 Å². The summed E-state index contributed by atoms with van der Waals surface area (Å²) in [5.41, 5.74) is 1.14. The van der Waals surface area contributed by atoms with Crippen LogP contribution in [0.5, 0.6) is 11.5 Å². The highest BCUT2D eigenvalue weighted by Crippen LogP contribution is 2.28. The number of nitrogens with one attached hydrogen (secondary N) is 1. The number of methoxy groups -OCH3 is 1. The Hall–Kier alpha value is -2.28. The van der Waals surface area contributed by atoms with Crippen LogP contribution in [-0.4, -0.2) is 24.6 Å². The van der Waals surface area contributed by atoms with Crippen LogP contribution >= 0.6 is 34.5 Å². The molecule has 8 heteroatoms. The van der Waals surface area contributed by atoms with E-state index in [9.17, 15) is 4.79 Å². The van der Waals surface area contributed by atoms with E-state index in [0.717, 1.165) is 22.6 Å². The second-order valence-corrected chi connectivity index (χ2v) is 7.53. The highest BCUT2D eigenvalue weighted by molar-refractivity contribution is 7.15. The number of hydrogen-bond donors (Lipinski definition) is 1. The van der Waals surface area contributed by atoms with Gasteiger partial charge < -0.3 is 9.47 Å². The van der Waals surface area contributed by atoms with Crippen molar-refractivity contribution in [3.8, 4) is 11.5 Å². The SMILES string of the molecule is COc1ccc(Cc2cnc(NC(=O)COc3cc(Cl)ccc3Cl)s2)cc1. The third-order valence-corrected chi connectivity index (χ3v) is 5.05. The minimum Gasteiger partial charge on any atom is -0.497 e. The van der Waals surface area contributed by atoms with Crippen molar-refractivity contribution in [2.75, 3.05) is 19.0 Å². The summed E-state index contributed by atoms with van der Waals surface area (Å²) in [7, 11) is 1.64. The highest BCUT2D eigenvalue weighted by atomic mass is 35.5. The molecule has 1 N–H and O–H groups in total. The number of thiazole rings is 1. The fraction of sp³-hybridized carbons (Fsp3) is 0.158. The van der Waals surface area contributed by atoms with Gasteiger partial charge in [-0.1, -0.05) is 35.3 Å². The molecule has 0 unspecified atom stereocenters. The Morgan fingerprint density at radius 1 is 1.19 bits per heavy atom. The van der Waals surface area contributed by atoms with Gasteiger partial charge in [-0.05, 0) is 29.8 Å². The Morgan fingerprint density at radius 3 is 2.70 bits per heavy atom. The molecule has 0 bridgehead atoms. The van der Waals surface area contributed by atoms with Crippen LogP contribution in [0.25, 0.3) is 0 Å². The monoisotopic (exact) mass is 422 g/mol. The lowest BCUT2D eigenvalue weighted by Gasteiger charge is -2.07. The summed E-state index contributed by atoms with van der Waals surface area (Å²) in [6.45, 7) is -0.187. The molecule has 0 radical (unpaired) electrons. The van der Waals surface area contributed by atoms with Gasteiger partial charge in [0, 0.05) is 28.6 Å². The van der Waals surface area contributed by atoms with Crippen LogP contribution in [0.2, 0.25) is 10.0 Å². The maximum atomic E-state index is 12.1. The Bertz CT molecular complexity index is 929. The molecule has 0 aliphatic rings. The number of carbonyl (C=O) groups is 1. The minimum absolute atomic E-state index is 0.187. The van der Waals surface area contributed by atoms with Crippen molar-refractivity contribution >= 4 is 45.6 Å². The first-order valence-electron chi connectivity index (χ1n) is 7.99. The zero-order valence-corrected chi connectivity index (χ0v) is 16.7. The molecular weight excluding hydrogens is 407 g/mol. The molecule has 0 aliphatic carbocycles. The van der Waals surface area contributed by atoms with Gasteiger partial charge >= 0.3 is 0 Å². The molecule has 5 nitrogen and oxygen atoms in total. The second kappa shape index (κ2) is 9.08. The summed E-state index contributed by atoms with van der Waals surface area (Å²) in [6.07, 6.45) is 2.48. The lowest BCUT2D eigenvalue weighted by Crippen LogP contribution is -2.20. The first-order valence-corrected chi connectivity index (χ1v) is 9.56. The van der Waals surface area contributed by atoms with Gasteiger partial charge in [0.05, 0.1) is 12.1 Å². The average Bonchev–Trinajstić information content (AvgIpc) is 3.10. The third-order valence-electron chi connectivity index (χ3n) is 3.59. The Morgan fingerprint density at radius 2 is 1.96 bits per heavy atom. The summed E-state index contributed by atoms with van der Waals surface area (Å²) >= 11 is 13.3. The zero-order chi connectivity index (χ0) is 19.2. The van der Waals surface area contributed by atoms with Gasteiger partial charge in [0.2, 0.25) is 0 Å². The van der Waals surface area contributed by atoms with E-state index in [1.807, 2.05) is 24.3 Å². The van der Waals surface area contributed by atoms with E-state index < -0.39 is 0 Å². The molecule has 1 aromatic heterocycles. The van der Waals surface area contributed by atoms with E-state index in [2.05, 4.69) is 10.3 Å². The number of anilines is 1. The topological polar surface area (TPSA) is 60.5 Å². The number of nitrogens with zero attached hydrogens (tertiary/aromatic N) is 1. The van der Waals surface area contributed by atoms with Crippen molar-refractivity contribution in [3.05, 3.63) is 69.1 Å². The maximum Gasteiger partial charge on any atom is 0.264 e. The second-order valence-electron chi connectivity index (χ2n) is 5.57. The van der Waals surface area contributed by atoms with E-state index in [1.54, 1.807) is 31.5 Å². The molecule has 3 aromatic rings. The number of benzene rings is 2. The molecule has 1 amide bonds. The van der Waals surface area contributed by atoms with Gasteiger partial charge in [-0.3, -0.25) is 10.1 Å². The van der Waals surface area contributed by atoms with Crippen molar-refractivity contribution < 1.29 is 14.3 Å². The van der Waals surface area contributed by atoms with Crippen molar-refractivity contribution in [2.45, 2.75) is 6.42 Å². The average molecular weight is 423 g/mol. The Balaban J connectivity index is 1.53. The lowest BCUT2D eigenvalue weighted by atomic mass is 10.1. The number of ether oxygens (including phenoxy) is 2. The van der Waals surface area contributed by atoms with Crippen LogP contribution < -0.4 is 14.8 Å². The summed E-state index contributed by atoms with van der Waals surface area (Å²) in [4.78, 5) is 17.3. The van der Waals surface area contributed by atoms with Gasteiger partial charge in [-0.15, -0.1) is 11.3 Å². The van der Waals surface area contributed by atoms with Crippen molar-refractivity contribution in [3.63, 3.8) is 0 Å². The van der Waals surface area contributed by atoms with Gasteiger partial charge in [0.1, 0.15) is 11.5 Å². The maximum absolute atomic E-state index is 12.1. The predicted octanol–water partition coefficient (Wildman–Crippen LogP) is 5.07. The highest BCUT2D eigenvalue weighted by Gasteiger charge is 2.10. The van der Waals surface area contributed by atoms with Crippen LogP contribution in [0, 0.1) is 0 Å². The van der Waals surface area contributed by atoms with Crippen LogP contribution in [0.3, 0.4) is 0 Å². The lowest BCUT2D eigenvalue weighted by molar-refractivity contribution is -0.118. The van der Waals surface area contributed by atoms with Gasteiger partial charge in [0.25, 0.3) is 5.91 Å². The van der Waals surface area contributed by atoms with Gasteiger partial charge in [0.15, 0.2) is 11.7 Å². The number of rotatable bonds is 7. The van der Waals surface area contributed by atoms with Crippen LogP contribution in [0.1, 0.15) is 10.4 Å². The van der Waals surface area contributed by atoms with Crippen LogP contribution in [0.15, 0.2) is 48.7 Å². The van der Waals surface area contributed by atoms with Crippen molar-refractivity contribution in [1.82, 2.24) is 4.98 Å². The third kappa shape index (κ3) is 5.60. The summed E-state index contributed by atoms with van der Waals surface area (Å²) in [5, 5.41) is 4.11. The fourth-order valence-electron chi connectivity index (χ4n) is 2.28. The van der Waals surface area contributed by atoms with E-state index in [0.29, 0.717) is 20.9 Å². The molecule has 0 saturated heterocycles. The number of amides is 1. The largest absolute Gasteiger partial charge is 0.497 e. The van der Waals surface area contributed by atoms with Crippen LogP contribution in [-0.2, 0) is 11.2 Å². The summed E-state index contributed by atoms with van der Waals surface area (Å²) < 4.78 is 10.6. The molecule has 140 valence electrons. The van der Waals surface area contributed by atoms with Crippen LogP contribution in [0.4, 0.5) is 5.13 Å². The van der Waals surface area contributed by atoms with E-state index in [1.165, 1.54) is 11.3 Å². The van der Waals surface area contributed by atoms with Crippen molar-refractivity contribution in [2.24, 2.45) is 0 Å². The molecule has 27 heavy (non-hydrogen) atoms. The Labute approximate surface area is 170 Å². The minimum atomic E-state index is -0.323. The number of aromatic nitrogens is 1. The normalized spacial score (nSPS) is 10.5. The fourth-order valence-corrected chi connectivity index (χ4v) is 3.48. The number of carbonyl (C=O) groups excluding carboxylic acids is 1. The summed E-state index contributed by atoms with van der Waals surface area (Å²) in [6, 6.07) is 12.7. The molecule has 0 spiro atoms. The molecular formula is C19H16Cl2N2O3S. The molecule has 0 saturated carbocycles. The molecule has 2 aromatic carbocycles. The molecule has 0 aliphatic heterocycles. The standard InChI is InChI=1S/C19H16Cl2N2O3S/c1-25-14-5-2-12(3-6-14)8-15-10-22-19(27-15)23-18(24)11-26-17-9-13(20)4-7-16(17)21/h2-7,9-10H,8,11H2,1H3,(H,22,23,24).